The molecule has 4 aromatic rings. The second-order valence-electron chi connectivity index (χ2n) is 9.86. The topological polar surface area (TPSA) is 93.8 Å². The molecule has 2 heterocycles. The van der Waals surface area contributed by atoms with E-state index in [0.717, 1.165) is 51.7 Å². The van der Waals surface area contributed by atoms with Crippen LogP contribution in [0.5, 0.6) is 17.2 Å². The van der Waals surface area contributed by atoms with Crippen LogP contribution >= 0.6 is 0 Å². The Morgan fingerprint density at radius 2 is 1.84 bits per heavy atom. The molecule has 4 N–H and O–H groups in total. The fourth-order valence-corrected chi connectivity index (χ4v) is 5.50. The van der Waals surface area contributed by atoms with Crippen molar-refractivity contribution in [2.24, 2.45) is 5.73 Å². The number of hydrogen-bond acceptors (Lipinski definition) is 5. The van der Waals surface area contributed by atoms with Gasteiger partial charge in [-0.15, -0.1) is 0 Å². The fourth-order valence-electron chi connectivity index (χ4n) is 5.50. The zero-order chi connectivity index (χ0) is 25.4. The Balaban J connectivity index is 1.33. The molecule has 6 nitrogen and oxygen atoms in total. The number of nitrogens with two attached hydrogens (primary N) is 1. The largest absolute Gasteiger partial charge is 0.508 e. The summed E-state index contributed by atoms with van der Waals surface area (Å²) >= 11 is 0. The van der Waals surface area contributed by atoms with Gasteiger partial charge in [-0.1, -0.05) is 36.8 Å². The molecule has 2 unspecified atom stereocenters. The molecule has 1 saturated heterocycles. The minimum Gasteiger partial charge on any atom is -0.508 e. The van der Waals surface area contributed by atoms with E-state index in [1.165, 1.54) is 19.3 Å². The Hall–Kier alpha value is -4.03. The molecule has 2 aliphatic rings. The van der Waals surface area contributed by atoms with Crippen molar-refractivity contribution in [3.05, 3.63) is 89.5 Å². The van der Waals surface area contributed by atoms with Crippen LogP contribution < -0.4 is 20.5 Å². The van der Waals surface area contributed by atoms with Crippen LogP contribution in [-0.2, 0) is 0 Å². The minimum atomic E-state index is -0.493. The SMILES string of the molecule is NC(=O)c1ccc2c(c1)OC(c1ccc(OCCC3CCCCN3)cc1)c1c-2ccc2cc(O)ccc12. The smallest absolute Gasteiger partial charge is 0.248 e. The van der Waals surface area contributed by atoms with Crippen LogP contribution in [0.15, 0.2) is 72.8 Å². The summed E-state index contributed by atoms with van der Waals surface area (Å²) in [7, 11) is 0. The van der Waals surface area contributed by atoms with E-state index >= 15 is 0 Å². The molecule has 37 heavy (non-hydrogen) atoms. The van der Waals surface area contributed by atoms with Gasteiger partial charge in [-0.05, 0) is 90.2 Å². The van der Waals surface area contributed by atoms with Crippen molar-refractivity contribution in [2.75, 3.05) is 13.2 Å². The van der Waals surface area contributed by atoms with Crippen molar-refractivity contribution in [1.82, 2.24) is 5.32 Å². The number of primary amides is 1. The van der Waals surface area contributed by atoms with E-state index in [-0.39, 0.29) is 5.75 Å². The number of benzene rings is 4. The lowest BCUT2D eigenvalue weighted by atomic mass is 9.85. The molecule has 2 aliphatic heterocycles. The Morgan fingerprint density at radius 1 is 1.00 bits per heavy atom. The van der Waals surface area contributed by atoms with Gasteiger partial charge in [0.05, 0.1) is 6.61 Å². The highest BCUT2D eigenvalue weighted by Crippen LogP contribution is 2.48. The molecule has 0 saturated carbocycles. The lowest BCUT2D eigenvalue weighted by Crippen LogP contribution is -2.35. The highest BCUT2D eigenvalue weighted by atomic mass is 16.5. The number of phenolic OH excluding ortho intramolecular Hbond substituents is 1. The molecule has 0 radical (unpaired) electrons. The molecule has 0 aliphatic carbocycles. The number of carbonyl (C=O) groups is 1. The number of fused-ring (bicyclic) bond motifs is 5. The van der Waals surface area contributed by atoms with E-state index in [1.54, 1.807) is 24.3 Å². The normalized spacial score (nSPS) is 18.5. The zero-order valence-electron chi connectivity index (χ0n) is 20.6. The van der Waals surface area contributed by atoms with E-state index in [2.05, 4.69) is 5.32 Å². The monoisotopic (exact) mass is 494 g/mol. The number of phenols is 1. The van der Waals surface area contributed by atoms with Gasteiger partial charge < -0.3 is 25.6 Å². The van der Waals surface area contributed by atoms with Gasteiger partial charge in [0.15, 0.2) is 6.10 Å². The summed E-state index contributed by atoms with van der Waals surface area (Å²) in [6.45, 7) is 1.78. The quantitative estimate of drug-likeness (QED) is 0.320. The predicted molar refractivity (Wildman–Crippen MR) is 144 cm³/mol. The Labute approximate surface area is 216 Å². The van der Waals surface area contributed by atoms with Crippen LogP contribution in [0.4, 0.5) is 0 Å². The van der Waals surface area contributed by atoms with Crippen molar-refractivity contribution in [2.45, 2.75) is 37.8 Å². The van der Waals surface area contributed by atoms with Gasteiger partial charge in [0.1, 0.15) is 17.2 Å². The molecular weight excluding hydrogens is 464 g/mol. The van der Waals surface area contributed by atoms with Gasteiger partial charge in [0.25, 0.3) is 0 Å². The Morgan fingerprint density at radius 3 is 2.62 bits per heavy atom. The van der Waals surface area contributed by atoms with E-state index in [1.807, 2.05) is 48.5 Å². The summed E-state index contributed by atoms with van der Waals surface area (Å²) in [6, 6.07) is 23.3. The predicted octanol–water partition coefficient (Wildman–Crippen LogP) is 5.70. The van der Waals surface area contributed by atoms with Crippen LogP contribution in [0.25, 0.3) is 21.9 Å². The lowest BCUT2D eigenvalue weighted by molar-refractivity contribution is 0.0999. The standard InChI is InChI=1S/C31H30N2O4/c32-31(35)21-7-11-26-27-12-6-20-17-23(34)8-13-25(20)29(27)30(37-28(26)18-21)19-4-9-24(10-5-19)36-16-14-22-3-1-2-15-33-22/h4-13,17-18,22,30,33-34H,1-3,14-16H2,(H2,32,35). The summed E-state index contributed by atoms with van der Waals surface area (Å²) in [6.07, 6.45) is 4.35. The van der Waals surface area contributed by atoms with Crippen molar-refractivity contribution in [3.63, 3.8) is 0 Å². The zero-order valence-corrected chi connectivity index (χ0v) is 20.6. The fraction of sp³-hybridized carbons (Fsp3) is 0.258. The third kappa shape index (κ3) is 4.60. The number of amides is 1. The van der Waals surface area contributed by atoms with Gasteiger partial charge in [0.2, 0.25) is 5.91 Å². The van der Waals surface area contributed by atoms with Gasteiger partial charge >= 0.3 is 0 Å². The molecule has 1 fully saturated rings. The molecule has 1 amide bonds. The third-order valence-electron chi connectivity index (χ3n) is 7.44. The summed E-state index contributed by atoms with van der Waals surface area (Å²) in [5.41, 5.74) is 9.88. The maximum atomic E-state index is 11.8. The third-order valence-corrected chi connectivity index (χ3v) is 7.44. The molecule has 0 bridgehead atoms. The van der Waals surface area contributed by atoms with Crippen LogP contribution in [-0.4, -0.2) is 30.2 Å². The first-order valence-electron chi connectivity index (χ1n) is 12.9. The van der Waals surface area contributed by atoms with Crippen LogP contribution in [0.3, 0.4) is 0 Å². The van der Waals surface area contributed by atoms with Crippen LogP contribution in [0, 0.1) is 0 Å². The van der Waals surface area contributed by atoms with E-state index in [0.29, 0.717) is 24.0 Å². The summed E-state index contributed by atoms with van der Waals surface area (Å²) in [5.74, 6) is 1.17. The highest BCUT2D eigenvalue weighted by Gasteiger charge is 2.30. The van der Waals surface area contributed by atoms with Gasteiger partial charge in [-0.3, -0.25) is 4.79 Å². The number of carbonyl (C=O) groups excluding carboxylic acids is 1. The molecule has 6 heteroatoms. The maximum absolute atomic E-state index is 11.8. The molecule has 4 aromatic carbocycles. The van der Waals surface area contributed by atoms with Gasteiger partial charge in [-0.2, -0.15) is 0 Å². The molecule has 188 valence electrons. The first-order valence-corrected chi connectivity index (χ1v) is 12.9. The van der Waals surface area contributed by atoms with Crippen molar-refractivity contribution < 1.29 is 19.4 Å². The first kappa shape index (κ1) is 23.4. The van der Waals surface area contributed by atoms with E-state index in [4.69, 9.17) is 15.2 Å². The van der Waals surface area contributed by atoms with Crippen molar-refractivity contribution in [3.8, 4) is 28.4 Å². The maximum Gasteiger partial charge on any atom is 0.248 e. The van der Waals surface area contributed by atoms with E-state index < -0.39 is 12.0 Å². The molecule has 6 rings (SSSR count). The lowest BCUT2D eigenvalue weighted by Gasteiger charge is -2.31. The Bertz CT molecular complexity index is 1460. The second-order valence-corrected chi connectivity index (χ2v) is 9.86. The van der Waals surface area contributed by atoms with Crippen molar-refractivity contribution >= 4 is 16.7 Å². The number of hydrogen-bond donors (Lipinski definition) is 3. The number of ether oxygens (including phenoxy) is 2. The van der Waals surface area contributed by atoms with E-state index in [9.17, 15) is 9.90 Å². The summed E-state index contributed by atoms with van der Waals surface area (Å²) < 4.78 is 12.6. The second kappa shape index (κ2) is 9.79. The van der Waals surface area contributed by atoms with Crippen molar-refractivity contribution in [1.29, 1.82) is 0 Å². The Kier molecular flexibility index (Phi) is 6.18. The first-order chi connectivity index (χ1) is 18.1. The van der Waals surface area contributed by atoms with Crippen LogP contribution in [0.2, 0.25) is 0 Å². The molecule has 0 aromatic heterocycles. The van der Waals surface area contributed by atoms with Crippen LogP contribution in [0.1, 0.15) is 53.3 Å². The number of piperidine rings is 1. The number of nitrogens with one attached hydrogen (secondary N) is 1. The summed E-state index contributed by atoms with van der Waals surface area (Å²) in [5, 5.41) is 15.5. The van der Waals surface area contributed by atoms with Gasteiger partial charge in [0, 0.05) is 22.7 Å². The minimum absolute atomic E-state index is 0.220. The van der Waals surface area contributed by atoms with Gasteiger partial charge in [-0.25, -0.2) is 0 Å². The highest BCUT2D eigenvalue weighted by molar-refractivity contribution is 5.97. The molecular formula is C31H30N2O4. The number of aromatic hydroxyl groups is 1. The average Bonchev–Trinajstić information content (AvgIpc) is 2.92. The average molecular weight is 495 g/mol. The molecule has 0 spiro atoms. The number of rotatable bonds is 6. The molecule has 2 atom stereocenters. The summed E-state index contributed by atoms with van der Waals surface area (Å²) in [4.78, 5) is 11.8.